The summed E-state index contributed by atoms with van der Waals surface area (Å²) in [6, 6.07) is 0. The molecule has 1 aliphatic rings. The van der Waals surface area contributed by atoms with Crippen LogP contribution in [-0.4, -0.2) is 67.7 Å². The molecular weight excluding hydrogens is 232 g/mol. The lowest BCUT2D eigenvalue weighted by Gasteiger charge is -2.42. The molecule has 1 fully saturated rings. The van der Waals surface area contributed by atoms with E-state index in [1.54, 1.807) is 0 Å². The van der Waals surface area contributed by atoms with E-state index in [4.69, 9.17) is 24.1 Å². The first-order valence-corrected chi connectivity index (χ1v) is 5.22. The molecule has 0 aromatic carbocycles. The Bertz CT molecular complexity index is 257. The van der Waals surface area contributed by atoms with Gasteiger partial charge in [0, 0.05) is 21.1 Å². The number of carbonyl (C=O) groups is 1. The molecule has 1 heterocycles. The molecule has 0 aliphatic carbocycles. The van der Waals surface area contributed by atoms with Crippen LogP contribution in [0.4, 0.5) is 0 Å². The van der Waals surface area contributed by atoms with Gasteiger partial charge in [0.05, 0.1) is 6.61 Å². The Morgan fingerprint density at radius 3 is 2.24 bits per heavy atom. The summed E-state index contributed by atoms with van der Waals surface area (Å²) in [4.78, 5) is 11.0. The molecule has 7 nitrogen and oxygen atoms in total. The Morgan fingerprint density at radius 1 is 1.24 bits per heavy atom. The molecule has 17 heavy (non-hydrogen) atoms. The summed E-state index contributed by atoms with van der Waals surface area (Å²) >= 11 is 0. The zero-order valence-electron chi connectivity index (χ0n) is 10.0. The van der Waals surface area contributed by atoms with Gasteiger partial charge in [-0.3, -0.25) is 4.79 Å². The highest BCUT2D eigenvalue weighted by Gasteiger charge is 2.47. The second kappa shape index (κ2) is 6.27. The van der Waals surface area contributed by atoms with Gasteiger partial charge in [0.15, 0.2) is 12.4 Å². The summed E-state index contributed by atoms with van der Waals surface area (Å²) in [7, 11) is 2.78. The Balaban J connectivity index is 2.88. The summed E-state index contributed by atoms with van der Waals surface area (Å²) in [6.07, 6.45) is -4.40. The number of methoxy groups -OCH3 is 2. The summed E-state index contributed by atoms with van der Waals surface area (Å²) in [6.45, 7) is 0.847. The average molecular weight is 250 g/mol. The van der Waals surface area contributed by atoms with Crippen molar-refractivity contribution in [3.05, 3.63) is 0 Å². The number of esters is 1. The van der Waals surface area contributed by atoms with Crippen molar-refractivity contribution in [1.82, 2.24) is 0 Å². The Morgan fingerprint density at radius 2 is 1.82 bits per heavy atom. The van der Waals surface area contributed by atoms with Crippen LogP contribution in [0.25, 0.3) is 0 Å². The van der Waals surface area contributed by atoms with Crippen LogP contribution >= 0.6 is 0 Å². The molecule has 0 radical (unpaired) electrons. The van der Waals surface area contributed by atoms with Gasteiger partial charge in [0.2, 0.25) is 0 Å². The van der Waals surface area contributed by atoms with Gasteiger partial charge < -0.3 is 29.2 Å². The quantitative estimate of drug-likeness (QED) is 0.596. The van der Waals surface area contributed by atoms with Crippen LogP contribution in [0.15, 0.2) is 0 Å². The molecule has 1 saturated heterocycles. The van der Waals surface area contributed by atoms with E-state index in [-0.39, 0.29) is 0 Å². The monoisotopic (exact) mass is 250 g/mol. The van der Waals surface area contributed by atoms with Crippen LogP contribution in [-0.2, 0) is 23.7 Å². The Labute approximate surface area is 99.2 Å². The van der Waals surface area contributed by atoms with Gasteiger partial charge in [0.1, 0.15) is 18.3 Å². The van der Waals surface area contributed by atoms with E-state index in [9.17, 15) is 9.90 Å². The second-order valence-corrected chi connectivity index (χ2v) is 3.72. The third-order valence-corrected chi connectivity index (χ3v) is 2.64. The van der Waals surface area contributed by atoms with Crippen molar-refractivity contribution in [3.63, 3.8) is 0 Å². The lowest BCUT2D eigenvalue weighted by Crippen LogP contribution is -2.61. The molecule has 2 N–H and O–H groups in total. The van der Waals surface area contributed by atoms with E-state index < -0.39 is 43.3 Å². The minimum absolute atomic E-state index is 0.398. The van der Waals surface area contributed by atoms with Crippen molar-refractivity contribution in [2.75, 3.05) is 20.8 Å². The van der Waals surface area contributed by atoms with Gasteiger partial charge >= 0.3 is 5.97 Å². The molecule has 0 aromatic rings. The maximum absolute atomic E-state index is 11.0. The van der Waals surface area contributed by atoms with E-state index in [0.717, 1.165) is 0 Å². The van der Waals surface area contributed by atoms with E-state index in [0.29, 0.717) is 0 Å². The van der Waals surface area contributed by atoms with Gasteiger partial charge in [-0.15, -0.1) is 0 Å². The van der Waals surface area contributed by atoms with Crippen LogP contribution in [0, 0.1) is 0 Å². The molecule has 1 rings (SSSR count). The van der Waals surface area contributed by atoms with Crippen LogP contribution in [0.1, 0.15) is 6.92 Å². The van der Waals surface area contributed by atoms with Gasteiger partial charge in [-0.2, -0.15) is 0 Å². The maximum Gasteiger partial charge on any atom is 0.303 e. The highest BCUT2D eigenvalue weighted by Crippen LogP contribution is 2.26. The minimum atomic E-state index is -1.24. The number of ether oxygens (including phenoxy) is 4. The summed E-state index contributed by atoms with van der Waals surface area (Å²) in [5, 5.41) is 18.8. The van der Waals surface area contributed by atoms with Gasteiger partial charge in [-0.05, 0) is 0 Å². The first kappa shape index (κ1) is 14.3. The van der Waals surface area contributed by atoms with Crippen molar-refractivity contribution < 1.29 is 34.0 Å². The summed E-state index contributed by atoms with van der Waals surface area (Å²) in [5.41, 5.74) is 0. The Hall–Kier alpha value is -0.730. The van der Waals surface area contributed by atoms with E-state index >= 15 is 0 Å². The van der Waals surface area contributed by atoms with Crippen molar-refractivity contribution in [1.29, 1.82) is 0 Å². The molecule has 0 unspecified atom stereocenters. The molecular formula is C10H18O7. The molecule has 0 aromatic heterocycles. The third-order valence-electron chi connectivity index (χ3n) is 2.64. The van der Waals surface area contributed by atoms with Gasteiger partial charge in [-0.1, -0.05) is 0 Å². The first-order valence-electron chi connectivity index (χ1n) is 5.22. The first-order chi connectivity index (χ1) is 8.04. The molecule has 100 valence electrons. The second-order valence-electron chi connectivity index (χ2n) is 3.72. The molecule has 0 saturated carbocycles. The number of aliphatic hydroxyl groups excluding tert-OH is 2. The fourth-order valence-electron chi connectivity index (χ4n) is 1.90. The summed E-state index contributed by atoms with van der Waals surface area (Å²) < 4.78 is 20.3. The topological polar surface area (TPSA) is 94.5 Å². The van der Waals surface area contributed by atoms with Crippen molar-refractivity contribution in [2.24, 2.45) is 0 Å². The standard InChI is InChI=1S/C10H18O7/c1-5(12)16-7-6(4-11)17-10(13)9(15-3)8(7)14-2/h6-11,13H,4H2,1-3H3/t6-,7-,8+,9-,10+/m1/s1. The van der Waals surface area contributed by atoms with E-state index in [1.807, 2.05) is 0 Å². The van der Waals surface area contributed by atoms with Crippen molar-refractivity contribution >= 4 is 5.97 Å². The molecule has 1 aliphatic heterocycles. The van der Waals surface area contributed by atoms with Gasteiger partial charge in [0.25, 0.3) is 0 Å². The number of aliphatic hydroxyl groups is 2. The maximum atomic E-state index is 11.0. The normalized spacial score (nSPS) is 37.8. The molecule has 0 bridgehead atoms. The van der Waals surface area contributed by atoms with E-state index in [1.165, 1.54) is 21.1 Å². The lowest BCUT2D eigenvalue weighted by atomic mass is 9.98. The van der Waals surface area contributed by atoms with Crippen molar-refractivity contribution in [2.45, 2.75) is 37.6 Å². The van der Waals surface area contributed by atoms with Crippen molar-refractivity contribution in [3.8, 4) is 0 Å². The summed E-state index contributed by atoms with van der Waals surface area (Å²) in [5.74, 6) is -0.523. The minimum Gasteiger partial charge on any atom is -0.457 e. The highest BCUT2D eigenvalue weighted by molar-refractivity contribution is 5.66. The van der Waals surface area contributed by atoms with Crippen LogP contribution in [0.5, 0.6) is 0 Å². The molecule has 7 heteroatoms. The van der Waals surface area contributed by atoms with Gasteiger partial charge in [-0.25, -0.2) is 0 Å². The SMILES string of the molecule is CO[C@@H]1[C@@H](OC)[C@@H](O)O[C@H](CO)[C@H]1OC(C)=O. The average Bonchev–Trinajstić information content (AvgIpc) is 2.29. The third kappa shape index (κ3) is 3.14. The number of carbonyl (C=O) groups excluding carboxylic acids is 1. The molecule has 5 atom stereocenters. The number of rotatable bonds is 4. The number of hydrogen-bond donors (Lipinski definition) is 2. The van der Waals surface area contributed by atoms with E-state index in [2.05, 4.69) is 0 Å². The number of hydrogen-bond acceptors (Lipinski definition) is 7. The predicted molar refractivity (Wildman–Crippen MR) is 55.1 cm³/mol. The molecule has 0 amide bonds. The van der Waals surface area contributed by atoms with Crippen LogP contribution < -0.4 is 0 Å². The Kier molecular flexibility index (Phi) is 5.29. The van der Waals surface area contributed by atoms with Crippen LogP contribution in [0.3, 0.4) is 0 Å². The molecule has 0 spiro atoms. The largest absolute Gasteiger partial charge is 0.457 e. The predicted octanol–water partition coefficient (Wildman–Crippen LogP) is -1.34. The fourth-order valence-corrected chi connectivity index (χ4v) is 1.90. The highest BCUT2D eigenvalue weighted by atomic mass is 16.7. The smallest absolute Gasteiger partial charge is 0.303 e. The lowest BCUT2D eigenvalue weighted by molar-refractivity contribution is -0.298. The van der Waals surface area contributed by atoms with Crippen LogP contribution in [0.2, 0.25) is 0 Å². The zero-order valence-corrected chi connectivity index (χ0v) is 10.0. The fraction of sp³-hybridized carbons (Fsp3) is 0.900. The zero-order chi connectivity index (χ0) is 13.0.